The van der Waals surface area contributed by atoms with E-state index in [0.717, 1.165) is 24.4 Å². The van der Waals surface area contributed by atoms with Gasteiger partial charge in [-0.3, -0.25) is 9.78 Å². The second kappa shape index (κ2) is 5.93. The SMILES string of the molecule is Cc1cccnc1C(=O)N1C2CC1CN(c1cc(C(F)(F)F)ncn1)C2. The summed E-state index contributed by atoms with van der Waals surface area (Å²) in [7, 11) is 0. The molecule has 2 aromatic rings. The van der Waals surface area contributed by atoms with Crippen LogP contribution in [0.5, 0.6) is 0 Å². The van der Waals surface area contributed by atoms with Crippen molar-refractivity contribution in [3.63, 3.8) is 0 Å². The Hall–Kier alpha value is -2.71. The van der Waals surface area contributed by atoms with E-state index in [1.54, 1.807) is 22.1 Å². The Kier molecular flexibility index (Phi) is 3.82. The van der Waals surface area contributed by atoms with E-state index in [4.69, 9.17) is 0 Å². The highest BCUT2D eigenvalue weighted by Crippen LogP contribution is 2.36. The number of alkyl halides is 3. The van der Waals surface area contributed by atoms with Crippen LogP contribution in [0.3, 0.4) is 0 Å². The third-order valence-corrected chi connectivity index (χ3v) is 4.91. The molecule has 2 unspecified atom stereocenters. The number of rotatable bonds is 2. The van der Waals surface area contributed by atoms with Gasteiger partial charge in [0.05, 0.1) is 12.1 Å². The number of carbonyl (C=O) groups is 1. The van der Waals surface area contributed by atoms with E-state index in [1.807, 2.05) is 13.0 Å². The van der Waals surface area contributed by atoms with E-state index in [-0.39, 0.29) is 23.8 Å². The zero-order valence-corrected chi connectivity index (χ0v) is 13.9. The van der Waals surface area contributed by atoms with Gasteiger partial charge in [0.1, 0.15) is 23.5 Å². The molecular formula is C17H16F3N5O. The molecule has 2 aromatic heterocycles. The van der Waals surface area contributed by atoms with E-state index < -0.39 is 11.9 Å². The number of aromatic nitrogens is 3. The molecule has 136 valence electrons. The molecule has 6 nitrogen and oxygen atoms in total. The summed E-state index contributed by atoms with van der Waals surface area (Å²) in [5, 5.41) is 0. The first kappa shape index (κ1) is 16.7. The molecule has 0 radical (unpaired) electrons. The summed E-state index contributed by atoms with van der Waals surface area (Å²) in [5.41, 5.74) is 0.279. The van der Waals surface area contributed by atoms with Crippen molar-refractivity contribution in [2.45, 2.75) is 31.6 Å². The Morgan fingerprint density at radius 1 is 1.19 bits per heavy atom. The number of piperidine rings is 1. The zero-order valence-electron chi connectivity index (χ0n) is 13.9. The van der Waals surface area contributed by atoms with Crippen LogP contribution in [0.1, 0.15) is 28.2 Å². The minimum atomic E-state index is -4.51. The maximum Gasteiger partial charge on any atom is 0.433 e. The molecule has 3 saturated heterocycles. The van der Waals surface area contributed by atoms with E-state index in [1.165, 1.54) is 0 Å². The van der Waals surface area contributed by atoms with Gasteiger partial charge in [0, 0.05) is 25.4 Å². The van der Waals surface area contributed by atoms with Crippen LogP contribution in [0, 0.1) is 6.92 Å². The topological polar surface area (TPSA) is 62.2 Å². The molecule has 0 N–H and O–H groups in total. The first-order chi connectivity index (χ1) is 12.3. The number of anilines is 1. The summed E-state index contributed by atoms with van der Waals surface area (Å²) >= 11 is 0. The van der Waals surface area contributed by atoms with Gasteiger partial charge < -0.3 is 9.80 Å². The molecule has 3 aliphatic rings. The molecule has 2 atom stereocenters. The van der Waals surface area contributed by atoms with Gasteiger partial charge in [0.25, 0.3) is 5.91 Å². The summed E-state index contributed by atoms with van der Waals surface area (Å²) in [5.74, 6) is 0.116. The van der Waals surface area contributed by atoms with Gasteiger partial charge in [-0.15, -0.1) is 0 Å². The molecule has 0 spiro atoms. The van der Waals surface area contributed by atoms with Gasteiger partial charge in [-0.1, -0.05) is 6.07 Å². The zero-order chi connectivity index (χ0) is 18.5. The van der Waals surface area contributed by atoms with Gasteiger partial charge in [0.2, 0.25) is 0 Å². The fourth-order valence-corrected chi connectivity index (χ4v) is 3.64. The number of fused-ring (bicyclic) bond motifs is 2. The number of halogens is 3. The minimum absolute atomic E-state index is 0.0491. The van der Waals surface area contributed by atoms with Crippen LogP contribution in [0.15, 0.2) is 30.7 Å². The van der Waals surface area contributed by atoms with Gasteiger partial charge in [-0.2, -0.15) is 13.2 Å². The van der Waals surface area contributed by atoms with Crippen LogP contribution < -0.4 is 4.90 Å². The normalized spacial score (nSPS) is 22.2. The number of aryl methyl sites for hydroxylation is 1. The number of carbonyl (C=O) groups excluding carboxylic acids is 1. The summed E-state index contributed by atoms with van der Waals surface area (Å²) in [6, 6.07) is 4.47. The number of nitrogens with zero attached hydrogens (tertiary/aromatic N) is 5. The first-order valence-corrected chi connectivity index (χ1v) is 8.23. The lowest BCUT2D eigenvalue weighted by atomic mass is 9.86. The van der Waals surface area contributed by atoms with Gasteiger partial charge in [0.15, 0.2) is 0 Å². The van der Waals surface area contributed by atoms with E-state index in [2.05, 4.69) is 15.0 Å². The smallest absolute Gasteiger partial charge is 0.352 e. The minimum Gasteiger partial charge on any atom is -0.352 e. The molecule has 5 heterocycles. The molecule has 0 saturated carbocycles. The first-order valence-electron chi connectivity index (χ1n) is 8.23. The van der Waals surface area contributed by atoms with E-state index >= 15 is 0 Å². The lowest BCUT2D eigenvalue weighted by molar-refractivity contribution is -0.141. The summed E-state index contributed by atoms with van der Waals surface area (Å²) in [6.45, 7) is 2.73. The Morgan fingerprint density at radius 3 is 2.58 bits per heavy atom. The number of piperazine rings is 1. The van der Waals surface area contributed by atoms with E-state index in [9.17, 15) is 18.0 Å². The largest absolute Gasteiger partial charge is 0.433 e. The average Bonchev–Trinajstić information content (AvgIpc) is 2.61. The van der Waals surface area contributed by atoms with Crippen molar-refractivity contribution in [2.75, 3.05) is 18.0 Å². The Morgan fingerprint density at radius 2 is 1.92 bits per heavy atom. The monoisotopic (exact) mass is 363 g/mol. The van der Waals surface area contributed by atoms with Crippen molar-refractivity contribution in [1.82, 2.24) is 19.9 Å². The standard InChI is InChI=1S/C17H16F3N5O/c1-10-3-2-4-21-15(10)16(26)25-11-5-12(25)8-24(7-11)14-6-13(17(18,19)20)22-9-23-14/h2-4,6,9,11-12H,5,7-8H2,1H3. The van der Waals surface area contributed by atoms with Crippen molar-refractivity contribution < 1.29 is 18.0 Å². The van der Waals surface area contributed by atoms with Gasteiger partial charge in [-0.25, -0.2) is 9.97 Å². The Labute approximate surface area is 147 Å². The maximum atomic E-state index is 12.8. The van der Waals surface area contributed by atoms with Gasteiger partial charge in [-0.05, 0) is 25.0 Å². The van der Waals surface area contributed by atoms with Crippen LogP contribution in [0.4, 0.5) is 19.0 Å². The highest BCUT2D eigenvalue weighted by Gasteiger charge is 2.48. The lowest BCUT2D eigenvalue weighted by Crippen LogP contribution is -2.70. The summed E-state index contributed by atoms with van der Waals surface area (Å²) < 4.78 is 38.5. The molecule has 0 aliphatic carbocycles. The third-order valence-electron chi connectivity index (χ3n) is 4.91. The van der Waals surface area contributed by atoms with Crippen LogP contribution in [-0.4, -0.2) is 50.9 Å². The second-order valence-corrected chi connectivity index (χ2v) is 6.59. The van der Waals surface area contributed by atoms with E-state index in [0.29, 0.717) is 18.8 Å². The fourth-order valence-electron chi connectivity index (χ4n) is 3.64. The van der Waals surface area contributed by atoms with Crippen molar-refractivity contribution in [3.8, 4) is 0 Å². The lowest BCUT2D eigenvalue weighted by Gasteiger charge is -2.56. The van der Waals surface area contributed by atoms with Crippen molar-refractivity contribution in [3.05, 3.63) is 47.7 Å². The predicted molar refractivity (Wildman–Crippen MR) is 86.6 cm³/mol. The molecular weight excluding hydrogens is 347 g/mol. The predicted octanol–water partition coefficient (Wildman–Crippen LogP) is 2.30. The number of hydrogen-bond donors (Lipinski definition) is 0. The molecule has 9 heteroatoms. The molecule has 5 rings (SSSR count). The molecule has 26 heavy (non-hydrogen) atoms. The Bertz CT molecular complexity index is 844. The highest BCUT2D eigenvalue weighted by molar-refractivity contribution is 5.95. The quantitative estimate of drug-likeness (QED) is 0.819. The molecule has 2 bridgehead atoms. The summed E-state index contributed by atoms with van der Waals surface area (Å²) in [4.78, 5) is 27.8. The van der Waals surface area contributed by atoms with Crippen molar-refractivity contribution in [1.29, 1.82) is 0 Å². The number of pyridine rings is 1. The van der Waals surface area contributed by atoms with Crippen LogP contribution in [0.25, 0.3) is 0 Å². The van der Waals surface area contributed by atoms with Crippen LogP contribution >= 0.6 is 0 Å². The number of amides is 1. The van der Waals surface area contributed by atoms with Crippen molar-refractivity contribution in [2.24, 2.45) is 0 Å². The Balaban J connectivity index is 1.51. The second-order valence-electron chi connectivity index (χ2n) is 6.59. The molecule has 0 aromatic carbocycles. The number of hydrogen-bond acceptors (Lipinski definition) is 5. The van der Waals surface area contributed by atoms with Crippen LogP contribution in [0.2, 0.25) is 0 Å². The van der Waals surface area contributed by atoms with Crippen molar-refractivity contribution >= 4 is 11.7 Å². The maximum absolute atomic E-state index is 12.8. The third kappa shape index (κ3) is 2.77. The highest BCUT2D eigenvalue weighted by atomic mass is 19.4. The average molecular weight is 363 g/mol. The molecule has 3 fully saturated rings. The molecule has 3 aliphatic heterocycles. The fraction of sp³-hybridized carbons (Fsp3) is 0.412. The van der Waals surface area contributed by atoms with Crippen LogP contribution in [-0.2, 0) is 6.18 Å². The summed E-state index contributed by atoms with van der Waals surface area (Å²) in [6.07, 6.45) is -1.15. The van der Waals surface area contributed by atoms with Gasteiger partial charge >= 0.3 is 6.18 Å². The molecule has 1 amide bonds.